The molecule has 0 amide bonds. The monoisotopic (exact) mass is 384 g/mol. The van der Waals surface area contributed by atoms with Gasteiger partial charge in [-0.3, -0.25) is 0 Å². The maximum absolute atomic E-state index is 12.0. The molecule has 4 N–H and O–H groups in total. The van der Waals surface area contributed by atoms with Crippen LogP contribution in [0.5, 0.6) is 0 Å². The lowest BCUT2D eigenvalue weighted by atomic mass is 9.94. The number of allylic oxidation sites excluding steroid dienone is 1. The van der Waals surface area contributed by atoms with Crippen molar-refractivity contribution in [1.29, 1.82) is 0 Å². The first kappa shape index (κ1) is 17.9. The van der Waals surface area contributed by atoms with Gasteiger partial charge < -0.3 is 20.8 Å². The summed E-state index contributed by atoms with van der Waals surface area (Å²) in [6, 6.07) is 8.03. The Labute approximate surface area is 161 Å². The first-order chi connectivity index (χ1) is 13.0. The second-order valence-electron chi connectivity index (χ2n) is 6.89. The van der Waals surface area contributed by atoms with Crippen molar-refractivity contribution < 1.29 is 19.8 Å². The van der Waals surface area contributed by atoms with Crippen molar-refractivity contribution in [3.05, 3.63) is 63.6 Å². The van der Waals surface area contributed by atoms with Crippen molar-refractivity contribution in [1.82, 2.24) is 10.6 Å². The highest BCUT2D eigenvalue weighted by molar-refractivity contribution is 8.05. The Morgan fingerprint density at radius 1 is 1.26 bits per heavy atom. The quantitative estimate of drug-likeness (QED) is 0.457. The molecule has 140 valence electrons. The van der Waals surface area contributed by atoms with Gasteiger partial charge in [0, 0.05) is 35.9 Å². The molecule has 0 fully saturated rings. The number of hydrogen-bond acceptors (Lipinski definition) is 5. The molecule has 0 bridgehead atoms. The molecule has 0 aromatic heterocycles. The van der Waals surface area contributed by atoms with E-state index >= 15 is 0 Å². The van der Waals surface area contributed by atoms with E-state index in [9.17, 15) is 19.8 Å². The number of thioether (sulfide) groups is 1. The van der Waals surface area contributed by atoms with Gasteiger partial charge in [0.1, 0.15) is 4.87 Å². The van der Waals surface area contributed by atoms with Crippen molar-refractivity contribution in [3.63, 3.8) is 0 Å². The molecule has 0 radical (unpaired) electrons. The zero-order chi connectivity index (χ0) is 19.0. The van der Waals surface area contributed by atoms with Gasteiger partial charge in [0.2, 0.25) is 0 Å². The summed E-state index contributed by atoms with van der Waals surface area (Å²) in [5, 5.41) is 25.8. The second-order valence-corrected chi connectivity index (χ2v) is 8.29. The molecule has 0 spiro atoms. The van der Waals surface area contributed by atoms with E-state index in [1.54, 1.807) is 0 Å². The van der Waals surface area contributed by atoms with Crippen molar-refractivity contribution >= 4 is 29.4 Å². The minimum absolute atomic E-state index is 0.127. The highest BCUT2D eigenvalue weighted by atomic mass is 32.2. The van der Waals surface area contributed by atoms with Crippen molar-refractivity contribution in [3.8, 4) is 0 Å². The molecule has 1 unspecified atom stereocenters. The number of carbonyl (C=O) groups is 2. The molecule has 7 heteroatoms. The SMILES string of the molecule is O=C(O)/C=C(/C(=O)O)C1(CC2=CCCNC2)NC2=C(Cc3ccccc32)S1. The highest BCUT2D eigenvalue weighted by Gasteiger charge is 2.48. The zero-order valence-electron chi connectivity index (χ0n) is 14.6. The van der Waals surface area contributed by atoms with Crippen LogP contribution in [-0.2, 0) is 16.0 Å². The Balaban J connectivity index is 1.74. The molecule has 27 heavy (non-hydrogen) atoms. The highest BCUT2D eigenvalue weighted by Crippen LogP contribution is 2.53. The summed E-state index contributed by atoms with van der Waals surface area (Å²) in [4.78, 5) is 23.4. The van der Waals surface area contributed by atoms with Gasteiger partial charge in [-0.25, -0.2) is 9.59 Å². The normalized spacial score (nSPS) is 24.1. The fourth-order valence-corrected chi connectivity index (χ4v) is 5.50. The number of carboxylic acids is 2. The van der Waals surface area contributed by atoms with Crippen LogP contribution in [0.1, 0.15) is 24.0 Å². The van der Waals surface area contributed by atoms with E-state index in [0.29, 0.717) is 13.0 Å². The molecule has 0 saturated heterocycles. The minimum atomic E-state index is -1.25. The van der Waals surface area contributed by atoms with Crippen molar-refractivity contribution in [2.75, 3.05) is 13.1 Å². The summed E-state index contributed by atoms with van der Waals surface area (Å²) in [5.74, 6) is -2.46. The molecule has 2 heterocycles. The summed E-state index contributed by atoms with van der Waals surface area (Å²) in [7, 11) is 0. The minimum Gasteiger partial charge on any atom is -0.478 e. The molecule has 0 saturated carbocycles. The average Bonchev–Trinajstić information content (AvgIpc) is 3.15. The van der Waals surface area contributed by atoms with Gasteiger partial charge in [0.25, 0.3) is 0 Å². The Hall–Kier alpha value is -2.51. The third-order valence-corrected chi connectivity index (χ3v) is 6.47. The first-order valence-electron chi connectivity index (χ1n) is 8.84. The van der Waals surface area contributed by atoms with E-state index < -0.39 is 16.8 Å². The molecule has 1 aromatic rings. The van der Waals surface area contributed by atoms with Crippen LogP contribution in [-0.4, -0.2) is 40.1 Å². The third kappa shape index (κ3) is 3.28. The Morgan fingerprint density at radius 3 is 2.78 bits per heavy atom. The lowest BCUT2D eigenvalue weighted by molar-refractivity contribution is -0.135. The maximum Gasteiger partial charge on any atom is 0.335 e. The van der Waals surface area contributed by atoms with E-state index in [1.165, 1.54) is 17.3 Å². The average molecular weight is 384 g/mol. The second kappa shape index (κ2) is 6.90. The zero-order valence-corrected chi connectivity index (χ0v) is 15.4. The molecular weight excluding hydrogens is 364 g/mol. The van der Waals surface area contributed by atoms with Gasteiger partial charge in [-0.15, -0.1) is 0 Å². The molecular formula is C20H20N2O4S. The van der Waals surface area contributed by atoms with Crippen LogP contribution in [0.25, 0.3) is 5.70 Å². The predicted molar refractivity (Wildman–Crippen MR) is 104 cm³/mol. The van der Waals surface area contributed by atoms with Crippen LogP contribution in [0.4, 0.5) is 0 Å². The van der Waals surface area contributed by atoms with Gasteiger partial charge in [0.15, 0.2) is 0 Å². The number of benzene rings is 1. The number of hydrogen-bond donors (Lipinski definition) is 4. The molecule has 2 aliphatic heterocycles. The van der Waals surface area contributed by atoms with Crippen LogP contribution in [0.2, 0.25) is 0 Å². The van der Waals surface area contributed by atoms with E-state index in [0.717, 1.165) is 47.2 Å². The first-order valence-corrected chi connectivity index (χ1v) is 9.66. The molecule has 3 aliphatic rings. The van der Waals surface area contributed by atoms with Gasteiger partial charge in [0.05, 0.1) is 11.3 Å². The largest absolute Gasteiger partial charge is 0.478 e. The summed E-state index contributed by atoms with van der Waals surface area (Å²) in [5.41, 5.74) is 4.16. The molecule has 1 aromatic carbocycles. The third-order valence-electron chi connectivity index (χ3n) is 5.06. The fraction of sp³-hybridized carbons (Fsp3) is 0.300. The smallest absolute Gasteiger partial charge is 0.335 e. The summed E-state index contributed by atoms with van der Waals surface area (Å²) >= 11 is 1.44. The fourth-order valence-electron chi connectivity index (χ4n) is 3.92. The van der Waals surface area contributed by atoms with E-state index in [-0.39, 0.29) is 5.57 Å². The van der Waals surface area contributed by atoms with Gasteiger partial charge in [-0.05, 0) is 18.5 Å². The van der Waals surface area contributed by atoms with Crippen LogP contribution < -0.4 is 10.6 Å². The van der Waals surface area contributed by atoms with E-state index in [2.05, 4.69) is 22.8 Å². The number of fused-ring (bicyclic) bond motifs is 2. The molecule has 1 atom stereocenters. The molecule has 6 nitrogen and oxygen atoms in total. The van der Waals surface area contributed by atoms with E-state index in [4.69, 9.17) is 0 Å². The van der Waals surface area contributed by atoms with Gasteiger partial charge in [-0.2, -0.15) is 0 Å². The number of nitrogens with one attached hydrogen (secondary N) is 2. The molecule has 1 aliphatic carbocycles. The number of rotatable bonds is 5. The van der Waals surface area contributed by atoms with Crippen LogP contribution >= 0.6 is 11.8 Å². The summed E-state index contributed by atoms with van der Waals surface area (Å²) in [6.45, 7) is 1.58. The lowest BCUT2D eigenvalue weighted by Crippen LogP contribution is -2.44. The predicted octanol–water partition coefficient (Wildman–Crippen LogP) is 2.35. The molecule has 4 rings (SSSR count). The van der Waals surface area contributed by atoms with Crippen LogP contribution in [0.3, 0.4) is 0 Å². The lowest BCUT2D eigenvalue weighted by Gasteiger charge is -2.33. The number of carboxylic acid groups (broad SMARTS) is 2. The Bertz CT molecular complexity index is 918. The summed E-state index contributed by atoms with van der Waals surface area (Å²) < 4.78 is 0. The van der Waals surface area contributed by atoms with Crippen LogP contribution in [0, 0.1) is 0 Å². The maximum atomic E-state index is 12.0. The number of aliphatic carboxylic acids is 2. The van der Waals surface area contributed by atoms with Crippen LogP contribution in [0.15, 0.2) is 52.5 Å². The van der Waals surface area contributed by atoms with E-state index in [1.807, 2.05) is 18.2 Å². The van der Waals surface area contributed by atoms with Gasteiger partial charge >= 0.3 is 11.9 Å². The summed E-state index contributed by atoms with van der Waals surface area (Å²) in [6.07, 6.45) is 5.01. The standard InChI is InChI=1S/C20H20N2O4S/c23-17(24)9-15(19(25)26)20(10-12-4-3-7-21-11-12)22-18-14-6-2-1-5-13(14)8-16(18)27-20/h1-2,4-6,9,21-22H,3,7-8,10-11H2,(H,23,24)(H,25,26)/b15-9-. The van der Waals surface area contributed by atoms with Gasteiger partial charge in [-0.1, -0.05) is 47.7 Å². The Morgan fingerprint density at radius 2 is 2.07 bits per heavy atom. The van der Waals surface area contributed by atoms with Crippen molar-refractivity contribution in [2.24, 2.45) is 0 Å². The Kier molecular flexibility index (Phi) is 4.57. The van der Waals surface area contributed by atoms with Crippen molar-refractivity contribution in [2.45, 2.75) is 24.1 Å². The topological polar surface area (TPSA) is 98.7 Å².